The number of nitrogens with one attached hydrogen (secondary N) is 2. The first-order valence-corrected chi connectivity index (χ1v) is 11.0. The average Bonchev–Trinajstić information content (AvgIpc) is 3.49. The highest BCUT2D eigenvalue weighted by atomic mass is 32.2. The predicted octanol–water partition coefficient (Wildman–Crippen LogP) is 4.25. The number of para-hydroxylation sites is 1. The Balaban J connectivity index is 1.18. The third kappa shape index (κ3) is 3.32. The van der Waals surface area contributed by atoms with E-state index in [9.17, 15) is 4.79 Å². The Morgan fingerprint density at radius 1 is 1.32 bits per heavy atom. The van der Waals surface area contributed by atoms with Crippen LogP contribution < -0.4 is 5.32 Å². The Morgan fingerprint density at radius 2 is 2.21 bits per heavy atom. The molecule has 3 aromatic rings. The van der Waals surface area contributed by atoms with Crippen molar-refractivity contribution in [2.24, 2.45) is 17.8 Å². The fraction of sp³-hybridized carbons (Fsp3) is 0.476. The maximum atomic E-state index is 12.4. The van der Waals surface area contributed by atoms with E-state index in [0.717, 1.165) is 28.3 Å². The van der Waals surface area contributed by atoms with E-state index in [-0.39, 0.29) is 11.9 Å². The molecule has 0 aliphatic heterocycles. The van der Waals surface area contributed by atoms with Crippen molar-refractivity contribution in [2.45, 2.75) is 43.9 Å². The zero-order chi connectivity index (χ0) is 19.1. The number of hydrogen-bond acceptors (Lipinski definition) is 5. The van der Waals surface area contributed by atoms with Crippen molar-refractivity contribution in [3.05, 3.63) is 30.5 Å². The van der Waals surface area contributed by atoms with E-state index < -0.39 is 0 Å². The minimum absolute atomic E-state index is 0.0344. The standard InChI is InChI=1S/C21H24N4O2S/c1-12(16-9-13-6-7-14(16)8-13)23-19(26)11-28-21-25-24-20(27-21)17-10-22-18-5-3-2-4-15(17)18/h2-5,10,12-14,16,22H,6-9,11H2,1H3,(H,23,26)/t12-,13+,14+,16-/m1/s1. The monoisotopic (exact) mass is 396 g/mol. The second kappa shape index (κ2) is 7.28. The Kier molecular flexibility index (Phi) is 4.62. The molecule has 0 saturated heterocycles. The number of aromatic nitrogens is 3. The van der Waals surface area contributed by atoms with Gasteiger partial charge in [-0.3, -0.25) is 4.79 Å². The van der Waals surface area contributed by atoms with Gasteiger partial charge in [0, 0.05) is 23.1 Å². The molecule has 1 amide bonds. The summed E-state index contributed by atoms with van der Waals surface area (Å²) in [6.07, 6.45) is 7.22. The van der Waals surface area contributed by atoms with Gasteiger partial charge in [0.15, 0.2) is 0 Å². The van der Waals surface area contributed by atoms with Gasteiger partial charge in [-0.1, -0.05) is 36.4 Å². The quantitative estimate of drug-likeness (QED) is 0.609. The number of rotatable bonds is 6. The summed E-state index contributed by atoms with van der Waals surface area (Å²) in [6.45, 7) is 2.15. The number of carbonyl (C=O) groups is 1. The predicted molar refractivity (Wildman–Crippen MR) is 109 cm³/mol. The van der Waals surface area contributed by atoms with E-state index in [0.29, 0.717) is 22.8 Å². The van der Waals surface area contributed by atoms with Crippen molar-refractivity contribution in [2.75, 3.05) is 5.75 Å². The van der Waals surface area contributed by atoms with Gasteiger partial charge >= 0.3 is 0 Å². The number of amides is 1. The largest absolute Gasteiger partial charge is 0.411 e. The van der Waals surface area contributed by atoms with Gasteiger partial charge in [0.25, 0.3) is 11.1 Å². The van der Waals surface area contributed by atoms with E-state index in [2.05, 4.69) is 27.4 Å². The van der Waals surface area contributed by atoms with Crippen molar-refractivity contribution in [1.29, 1.82) is 0 Å². The average molecular weight is 397 g/mol. The fourth-order valence-corrected chi connectivity index (χ4v) is 5.64. The number of nitrogens with zero attached hydrogens (tertiary/aromatic N) is 2. The lowest BCUT2D eigenvalue weighted by atomic mass is 9.84. The zero-order valence-electron chi connectivity index (χ0n) is 15.9. The highest BCUT2D eigenvalue weighted by Crippen LogP contribution is 2.49. The first-order valence-electron chi connectivity index (χ1n) is 9.99. The van der Waals surface area contributed by atoms with Crippen molar-refractivity contribution in [1.82, 2.24) is 20.5 Å². The van der Waals surface area contributed by atoms with Gasteiger partial charge in [-0.25, -0.2) is 0 Å². The molecule has 2 N–H and O–H groups in total. The van der Waals surface area contributed by atoms with Crippen LogP contribution in [0.1, 0.15) is 32.6 Å². The first-order chi connectivity index (χ1) is 13.7. The number of thioether (sulfide) groups is 1. The van der Waals surface area contributed by atoms with Crippen molar-refractivity contribution in [3.8, 4) is 11.5 Å². The van der Waals surface area contributed by atoms with Crippen LogP contribution in [0.5, 0.6) is 0 Å². The van der Waals surface area contributed by atoms with Gasteiger partial charge in [-0.15, -0.1) is 10.2 Å². The molecule has 4 atom stereocenters. The van der Waals surface area contributed by atoms with Gasteiger partial charge < -0.3 is 14.7 Å². The van der Waals surface area contributed by atoms with Crippen LogP contribution in [0, 0.1) is 17.8 Å². The molecule has 2 fully saturated rings. The molecule has 2 saturated carbocycles. The Bertz CT molecular complexity index is 997. The molecule has 2 aliphatic carbocycles. The number of hydrogen-bond donors (Lipinski definition) is 2. The topological polar surface area (TPSA) is 83.8 Å². The van der Waals surface area contributed by atoms with Crippen molar-refractivity contribution >= 4 is 28.6 Å². The molecule has 6 nitrogen and oxygen atoms in total. The molecule has 2 aromatic heterocycles. The van der Waals surface area contributed by atoms with E-state index in [4.69, 9.17) is 4.42 Å². The van der Waals surface area contributed by atoms with Gasteiger partial charge in [0.05, 0.1) is 11.3 Å². The molecule has 5 rings (SSSR count). The zero-order valence-corrected chi connectivity index (χ0v) is 16.7. The molecule has 0 radical (unpaired) electrons. The SMILES string of the molecule is C[C@@H](NC(=O)CSc1nnc(-c2c[nH]c3ccccc23)o1)[C@H]1C[C@H]2CC[C@H]1C2. The summed E-state index contributed by atoms with van der Waals surface area (Å²) in [5.74, 6) is 3.14. The van der Waals surface area contributed by atoms with Gasteiger partial charge in [-0.2, -0.15) is 0 Å². The van der Waals surface area contributed by atoms with Crippen LogP contribution in [-0.2, 0) is 4.79 Å². The highest BCUT2D eigenvalue weighted by molar-refractivity contribution is 7.99. The number of aromatic amines is 1. The third-order valence-electron chi connectivity index (χ3n) is 6.38. The molecule has 0 spiro atoms. The number of benzene rings is 1. The van der Waals surface area contributed by atoms with Crippen LogP contribution in [0.25, 0.3) is 22.4 Å². The van der Waals surface area contributed by atoms with E-state index in [1.165, 1.54) is 37.4 Å². The Labute approximate surface area is 167 Å². The number of carbonyl (C=O) groups excluding carboxylic acids is 1. The molecule has 146 valence electrons. The van der Waals surface area contributed by atoms with Gasteiger partial charge in [0.2, 0.25) is 5.91 Å². The van der Waals surface area contributed by atoms with E-state index in [1.54, 1.807) is 0 Å². The smallest absolute Gasteiger partial charge is 0.277 e. The normalized spacial score (nSPS) is 24.7. The minimum atomic E-state index is 0.0344. The van der Waals surface area contributed by atoms with Crippen LogP contribution in [0.4, 0.5) is 0 Å². The van der Waals surface area contributed by atoms with Crippen LogP contribution in [0.3, 0.4) is 0 Å². The summed E-state index contributed by atoms with van der Waals surface area (Å²) in [7, 11) is 0. The van der Waals surface area contributed by atoms with E-state index in [1.807, 2.05) is 30.5 Å². The maximum absolute atomic E-state index is 12.4. The summed E-state index contributed by atoms with van der Waals surface area (Å²) in [6, 6.07) is 8.23. The fourth-order valence-electron chi connectivity index (χ4n) is 5.06. The summed E-state index contributed by atoms with van der Waals surface area (Å²) >= 11 is 1.29. The molecule has 2 bridgehead atoms. The first kappa shape index (κ1) is 17.8. The van der Waals surface area contributed by atoms with Crippen LogP contribution >= 0.6 is 11.8 Å². The Hall–Kier alpha value is -2.28. The number of fused-ring (bicyclic) bond motifs is 3. The van der Waals surface area contributed by atoms with Crippen LogP contribution in [-0.4, -0.2) is 32.9 Å². The van der Waals surface area contributed by atoms with Crippen molar-refractivity contribution < 1.29 is 9.21 Å². The molecular formula is C21H24N4O2S. The molecular weight excluding hydrogens is 372 g/mol. The summed E-state index contributed by atoms with van der Waals surface area (Å²) in [5.41, 5.74) is 1.91. The Morgan fingerprint density at radius 3 is 3.04 bits per heavy atom. The minimum Gasteiger partial charge on any atom is -0.411 e. The highest BCUT2D eigenvalue weighted by Gasteiger charge is 2.42. The summed E-state index contributed by atoms with van der Waals surface area (Å²) in [5, 5.41) is 12.9. The molecule has 28 heavy (non-hydrogen) atoms. The summed E-state index contributed by atoms with van der Waals surface area (Å²) < 4.78 is 5.77. The van der Waals surface area contributed by atoms with Crippen LogP contribution in [0.15, 0.2) is 40.1 Å². The molecule has 1 aromatic carbocycles. The third-order valence-corrected chi connectivity index (χ3v) is 7.19. The molecule has 2 aliphatic rings. The molecule has 2 heterocycles. The maximum Gasteiger partial charge on any atom is 0.277 e. The summed E-state index contributed by atoms with van der Waals surface area (Å²) in [4.78, 5) is 15.6. The lowest BCUT2D eigenvalue weighted by Crippen LogP contribution is -2.40. The number of H-pyrrole nitrogens is 1. The molecule has 7 heteroatoms. The second-order valence-electron chi connectivity index (χ2n) is 8.10. The lowest BCUT2D eigenvalue weighted by molar-refractivity contribution is -0.119. The van der Waals surface area contributed by atoms with Crippen molar-refractivity contribution in [3.63, 3.8) is 0 Å². The van der Waals surface area contributed by atoms with E-state index >= 15 is 0 Å². The second-order valence-corrected chi connectivity index (χ2v) is 9.03. The molecule has 0 unspecified atom stereocenters. The van der Waals surface area contributed by atoms with Crippen LogP contribution in [0.2, 0.25) is 0 Å². The van der Waals surface area contributed by atoms with Gasteiger partial charge in [-0.05, 0) is 50.0 Å². The van der Waals surface area contributed by atoms with Gasteiger partial charge in [0.1, 0.15) is 0 Å². The lowest BCUT2D eigenvalue weighted by Gasteiger charge is -2.28.